The van der Waals surface area contributed by atoms with E-state index >= 15 is 0 Å². The molecule has 0 atom stereocenters. The van der Waals surface area contributed by atoms with E-state index in [0.717, 1.165) is 5.56 Å². The molecule has 0 bridgehead atoms. The Morgan fingerprint density at radius 3 is 2.62 bits per heavy atom. The van der Waals surface area contributed by atoms with Gasteiger partial charge in [0, 0.05) is 17.8 Å². The smallest absolute Gasteiger partial charge is 0.273 e. The molecule has 0 fully saturated rings. The van der Waals surface area contributed by atoms with Crippen molar-refractivity contribution in [1.29, 1.82) is 0 Å². The van der Waals surface area contributed by atoms with Crippen LogP contribution in [-0.4, -0.2) is 20.6 Å². The van der Waals surface area contributed by atoms with Crippen LogP contribution in [0.4, 0.5) is 0 Å². The van der Waals surface area contributed by atoms with Gasteiger partial charge in [-0.05, 0) is 42.0 Å². The molecule has 2 N–H and O–H groups in total. The molecule has 0 aliphatic rings. The number of hydrogen-bond acceptors (Lipinski definition) is 4. The van der Waals surface area contributed by atoms with E-state index in [-0.39, 0.29) is 17.8 Å². The summed E-state index contributed by atoms with van der Waals surface area (Å²) >= 11 is 5.97. The Labute approximate surface area is 171 Å². The van der Waals surface area contributed by atoms with Crippen LogP contribution in [0.1, 0.15) is 15.9 Å². The number of aromatic nitrogens is 2. The van der Waals surface area contributed by atoms with Crippen LogP contribution in [0.25, 0.3) is 16.7 Å². The first kappa shape index (κ1) is 18.7. The predicted molar refractivity (Wildman–Crippen MR) is 112 cm³/mol. The summed E-state index contributed by atoms with van der Waals surface area (Å²) in [5.74, 6) is -1.07. The van der Waals surface area contributed by atoms with Gasteiger partial charge in [0.05, 0.1) is 11.1 Å². The van der Waals surface area contributed by atoms with Crippen LogP contribution in [0.5, 0.6) is 5.75 Å². The van der Waals surface area contributed by atoms with Crippen LogP contribution < -0.4 is 10.9 Å². The van der Waals surface area contributed by atoms with Crippen molar-refractivity contribution in [2.45, 2.75) is 6.54 Å². The van der Waals surface area contributed by atoms with Crippen molar-refractivity contribution in [2.75, 3.05) is 0 Å². The molecule has 0 aliphatic carbocycles. The summed E-state index contributed by atoms with van der Waals surface area (Å²) in [5.41, 5.74) is 0.605. The molecule has 0 aliphatic heterocycles. The SMILES string of the molecule is O=C(NCc1cccc(Cl)c1)c1c(O)c2cccnc2n(-c2ccccc2)c1=O. The van der Waals surface area contributed by atoms with Crippen LogP contribution in [0.15, 0.2) is 77.7 Å². The second-order valence-corrected chi connectivity index (χ2v) is 6.82. The number of para-hydroxylation sites is 1. The third-order valence-corrected chi connectivity index (χ3v) is 4.73. The minimum Gasteiger partial charge on any atom is -0.506 e. The Bertz CT molecular complexity index is 1270. The topological polar surface area (TPSA) is 84.2 Å². The summed E-state index contributed by atoms with van der Waals surface area (Å²) in [6.45, 7) is 0.161. The summed E-state index contributed by atoms with van der Waals surface area (Å²) < 4.78 is 1.32. The molecule has 0 saturated carbocycles. The predicted octanol–water partition coefficient (Wildman–Crippen LogP) is 3.67. The molecule has 0 radical (unpaired) electrons. The van der Waals surface area contributed by atoms with Crippen LogP contribution in [0.3, 0.4) is 0 Å². The fourth-order valence-electron chi connectivity index (χ4n) is 3.14. The van der Waals surface area contributed by atoms with Crippen LogP contribution in [-0.2, 0) is 6.54 Å². The number of pyridine rings is 2. The summed E-state index contributed by atoms with van der Waals surface area (Å²) in [6, 6.07) is 19.1. The first-order valence-corrected chi connectivity index (χ1v) is 9.25. The molecule has 2 heterocycles. The molecular weight excluding hydrogens is 390 g/mol. The van der Waals surface area contributed by atoms with E-state index in [9.17, 15) is 14.7 Å². The number of hydrogen-bond donors (Lipinski definition) is 2. The number of halogens is 1. The van der Waals surface area contributed by atoms with Crippen molar-refractivity contribution in [3.05, 3.63) is 99.4 Å². The van der Waals surface area contributed by atoms with Crippen molar-refractivity contribution in [1.82, 2.24) is 14.9 Å². The number of nitrogens with one attached hydrogen (secondary N) is 1. The van der Waals surface area contributed by atoms with Gasteiger partial charge in [0.1, 0.15) is 11.3 Å². The van der Waals surface area contributed by atoms with E-state index in [1.807, 2.05) is 6.07 Å². The number of benzene rings is 2. The normalized spacial score (nSPS) is 10.8. The van der Waals surface area contributed by atoms with Gasteiger partial charge < -0.3 is 10.4 Å². The highest BCUT2D eigenvalue weighted by Crippen LogP contribution is 2.26. The third-order valence-electron chi connectivity index (χ3n) is 4.49. The van der Waals surface area contributed by atoms with Gasteiger partial charge in [0.15, 0.2) is 5.65 Å². The fraction of sp³-hybridized carbons (Fsp3) is 0.0455. The van der Waals surface area contributed by atoms with Gasteiger partial charge in [0.25, 0.3) is 11.5 Å². The zero-order valence-corrected chi connectivity index (χ0v) is 15.9. The molecule has 4 aromatic rings. The zero-order valence-electron chi connectivity index (χ0n) is 15.2. The summed E-state index contributed by atoms with van der Waals surface area (Å²) in [7, 11) is 0. The molecule has 0 spiro atoms. The lowest BCUT2D eigenvalue weighted by atomic mass is 10.1. The number of carbonyl (C=O) groups is 1. The van der Waals surface area contributed by atoms with E-state index in [1.54, 1.807) is 60.7 Å². The Kier molecular flexibility index (Phi) is 5.01. The first-order chi connectivity index (χ1) is 14.1. The number of rotatable bonds is 4. The standard InChI is InChI=1S/C22H16ClN3O3/c23-15-7-4-6-14(12-15)13-25-21(28)18-19(27)17-10-5-11-24-20(17)26(22(18)29)16-8-2-1-3-9-16/h1-12,27H,13H2,(H,25,28). The highest BCUT2D eigenvalue weighted by Gasteiger charge is 2.23. The summed E-state index contributed by atoms with van der Waals surface area (Å²) in [6.07, 6.45) is 1.53. The van der Waals surface area contributed by atoms with E-state index in [0.29, 0.717) is 16.1 Å². The largest absolute Gasteiger partial charge is 0.506 e. The van der Waals surface area contributed by atoms with Gasteiger partial charge in [-0.25, -0.2) is 4.98 Å². The Morgan fingerprint density at radius 1 is 1.07 bits per heavy atom. The van der Waals surface area contributed by atoms with Gasteiger partial charge in [-0.1, -0.05) is 41.9 Å². The molecule has 1 amide bonds. The van der Waals surface area contributed by atoms with Crippen molar-refractivity contribution in [3.63, 3.8) is 0 Å². The third kappa shape index (κ3) is 3.58. The molecule has 2 aromatic heterocycles. The number of nitrogens with zero attached hydrogens (tertiary/aromatic N) is 2. The van der Waals surface area contributed by atoms with Crippen LogP contribution in [0.2, 0.25) is 5.02 Å². The average molecular weight is 406 g/mol. The average Bonchev–Trinajstić information content (AvgIpc) is 2.73. The van der Waals surface area contributed by atoms with Crippen molar-refractivity contribution in [2.24, 2.45) is 0 Å². The number of aromatic hydroxyl groups is 1. The maximum Gasteiger partial charge on any atom is 0.273 e. The Balaban J connectivity index is 1.82. The van der Waals surface area contributed by atoms with E-state index in [2.05, 4.69) is 10.3 Å². The van der Waals surface area contributed by atoms with Gasteiger partial charge in [-0.2, -0.15) is 0 Å². The molecule has 29 heavy (non-hydrogen) atoms. The molecule has 144 valence electrons. The second kappa shape index (κ2) is 7.77. The van der Waals surface area contributed by atoms with E-state index in [4.69, 9.17) is 11.6 Å². The zero-order chi connectivity index (χ0) is 20.4. The quantitative estimate of drug-likeness (QED) is 0.542. The highest BCUT2D eigenvalue weighted by atomic mass is 35.5. The van der Waals surface area contributed by atoms with Gasteiger partial charge in [-0.15, -0.1) is 0 Å². The first-order valence-electron chi connectivity index (χ1n) is 8.87. The van der Waals surface area contributed by atoms with Gasteiger partial charge >= 0.3 is 0 Å². The van der Waals surface area contributed by atoms with E-state index in [1.165, 1.54) is 10.8 Å². The van der Waals surface area contributed by atoms with Crippen LogP contribution in [0, 0.1) is 0 Å². The Hall–Kier alpha value is -3.64. The summed E-state index contributed by atoms with van der Waals surface area (Å²) in [4.78, 5) is 30.3. The van der Waals surface area contributed by atoms with Crippen molar-refractivity contribution >= 4 is 28.5 Å². The molecule has 0 saturated heterocycles. The van der Waals surface area contributed by atoms with Gasteiger partial charge in [-0.3, -0.25) is 14.2 Å². The van der Waals surface area contributed by atoms with Crippen LogP contribution >= 0.6 is 11.6 Å². The lowest BCUT2D eigenvalue weighted by Gasteiger charge is -2.14. The van der Waals surface area contributed by atoms with Crippen molar-refractivity contribution in [3.8, 4) is 11.4 Å². The van der Waals surface area contributed by atoms with Crippen molar-refractivity contribution < 1.29 is 9.90 Å². The second-order valence-electron chi connectivity index (χ2n) is 6.39. The molecule has 4 rings (SSSR count). The Morgan fingerprint density at radius 2 is 1.86 bits per heavy atom. The summed E-state index contributed by atoms with van der Waals surface area (Å²) in [5, 5.41) is 14.2. The molecule has 7 heteroatoms. The highest BCUT2D eigenvalue weighted by molar-refractivity contribution is 6.30. The monoisotopic (exact) mass is 405 g/mol. The molecular formula is C22H16ClN3O3. The number of amides is 1. The fourth-order valence-corrected chi connectivity index (χ4v) is 3.36. The maximum atomic E-state index is 13.2. The maximum absolute atomic E-state index is 13.2. The minimum atomic E-state index is -0.678. The van der Waals surface area contributed by atoms with E-state index < -0.39 is 17.2 Å². The molecule has 0 unspecified atom stereocenters. The minimum absolute atomic E-state index is 0.161. The number of fused-ring (bicyclic) bond motifs is 1. The lowest BCUT2D eigenvalue weighted by molar-refractivity contribution is 0.0946. The lowest BCUT2D eigenvalue weighted by Crippen LogP contribution is -2.33. The number of carbonyl (C=O) groups excluding carboxylic acids is 1. The molecule has 6 nitrogen and oxygen atoms in total. The van der Waals surface area contributed by atoms with Gasteiger partial charge in [0.2, 0.25) is 0 Å². The molecule has 2 aromatic carbocycles.